The fourth-order valence-electron chi connectivity index (χ4n) is 8.25. The Kier molecular flexibility index (Phi) is 13.3. The summed E-state index contributed by atoms with van der Waals surface area (Å²) in [5.74, 6) is 2.06. The number of nitrogens with zero attached hydrogens (tertiary/aromatic N) is 2. The topological polar surface area (TPSA) is 149 Å². The van der Waals surface area contributed by atoms with Crippen LogP contribution in [0.2, 0.25) is 18.1 Å². The van der Waals surface area contributed by atoms with Crippen LogP contribution in [0.5, 0.6) is 23.0 Å². The zero-order chi connectivity index (χ0) is 45.3. The highest BCUT2D eigenvalue weighted by atomic mass is 28.4. The Morgan fingerprint density at radius 3 is 1.90 bits per heavy atom. The maximum absolute atomic E-state index is 13.9. The van der Waals surface area contributed by atoms with Crippen LogP contribution in [0.4, 0.5) is 21.9 Å². The van der Waals surface area contributed by atoms with Gasteiger partial charge >= 0.3 is 6.09 Å². The third-order valence-corrected chi connectivity index (χ3v) is 17.1. The Morgan fingerprint density at radius 2 is 1.35 bits per heavy atom. The first-order chi connectivity index (χ1) is 29.8. The number of hydrogen-bond donors (Lipinski definition) is 3. The Morgan fingerprint density at radius 1 is 0.778 bits per heavy atom. The molecule has 63 heavy (non-hydrogen) atoms. The average Bonchev–Trinajstić information content (AvgIpc) is 3.78. The SMILES string of the molecule is COc1cc2c(cc1OCCCCCOc1cc3c(cc1OC)C(=O)N1C[C@@H](O[Si](C)(C)C(C)(C)C)C[C@H]1CN3)NC[C@@H]1CC(c3ccc(NC(=O)OC(C)(C)C)cc3)=CN1C2=O. The third-order valence-electron chi connectivity index (χ3n) is 12.6. The highest BCUT2D eigenvalue weighted by Gasteiger charge is 2.45. The van der Waals surface area contributed by atoms with Crippen molar-refractivity contribution in [3.63, 3.8) is 0 Å². The fraction of sp³-hybridized carbons (Fsp3) is 0.521. The second-order valence-corrected chi connectivity index (χ2v) is 24.1. The first-order valence-electron chi connectivity index (χ1n) is 22.1. The lowest BCUT2D eigenvalue weighted by Crippen LogP contribution is -2.44. The van der Waals surface area contributed by atoms with Gasteiger partial charge < -0.3 is 48.5 Å². The molecule has 4 aliphatic heterocycles. The molecule has 0 unspecified atom stereocenters. The van der Waals surface area contributed by atoms with Gasteiger partial charge in [-0.25, -0.2) is 4.79 Å². The molecule has 3 N–H and O–H groups in total. The largest absolute Gasteiger partial charge is 0.493 e. The molecule has 4 heterocycles. The summed E-state index contributed by atoms with van der Waals surface area (Å²) >= 11 is 0. The van der Waals surface area contributed by atoms with E-state index in [2.05, 4.69) is 49.8 Å². The number of carbonyl (C=O) groups excluding carboxylic acids is 3. The molecule has 3 atom stereocenters. The van der Waals surface area contributed by atoms with Gasteiger partial charge in [0.15, 0.2) is 31.3 Å². The minimum absolute atomic E-state index is 0.0116. The molecule has 3 amide bonds. The molecule has 3 aromatic rings. The normalized spacial score (nSPS) is 19.6. The van der Waals surface area contributed by atoms with E-state index >= 15 is 0 Å². The van der Waals surface area contributed by atoms with Crippen LogP contribution in [-0.2, 0) is 9.16 Å². The van der Waals surface area contributed by atoms with Gasteiger partial charge in [0.2, 0.25) is 0 Å². The summed E-state index contributed by atoms with van der Waals surface area (Å²) in [5, 5.41) is 9.87. The standard InChI is InChI=1S/C48H65N5O9Si/c1-47(2,3)61-46(56)51-32-16-14-30(15-17-32)31-20-33-26-49-38-24-42(40(57-7)22-36(38)44(54)52(33)28-31)59-18-12-11-13-19-60-43-25-39-37(23-41(43)58-8)45(55)53-29-35(21-34(53)27-50-39)62-63(9,10)48(4,5)6/h14-17,22-25,28,33-35,49-50H,11-13,18-21,26-27,29H2,1-10H3,(H,51,56)/t33-,34-,35-/m0/s1. The molecule has 3 aromatic carbocycles. The number of nitrogens with one attached hydrogen (secondary N) is 3. The van der Waals surface area contributed by atoms with Crippen molar-refractivity contribution in [1.82, 2.24) is 9.80 Å². The average molecular weight is 884 g/mol. The Hall–Kier alpha value is -5.41. The number of fused-ring (bicyclic) bond motifs is 4. The Balaban J connectivity index is 0.892. The predicted octanol–water partition coefficient (Wildman–Crippen LogP) is 9.39. The molecule has 0 bridgehead atoms. The molecule has 0 radical (unpaired) electrons. The lowest BCUT2D eigenvalue weighted by molar-refractivity contribution is 0.0634. The summed E-state index contributed by atoms with van der Waals surface area (Å²) in [5.41, 5.74) is 4.61. The molecule has 1 fully saturated rings. The predicted molar refractivity (Wildman–Crippen MR) is 248 cm³/mol. The van der Waals surface area contributed by atoms with Crippen molar-refractivity contribution in [2.75, 3.05) is 63.0 Å². The van der Waals surface area contributed by atoms with E-state index in [9.17, 15) is 14.4 Å². The zero-order valence-corrected chi connectivity index (χ0v) is 39.6. The van der Waals surface area contributed by atoms with Crippen molar-refractivity contribution >= 4 is 48.9 Å². The summed E-state index contributed by atoms with van der Waals surface area (Å²) in [6.45, 7) is 19.5. The fourth-order valence-corrected chi connectivity index (χ4v) is 9.61. The lowest BCUT2D eigenvalue weighted by Gasteiger charge is -2.38. The quantitative estimate of drug-likeness (QED) is 0.105. The Labute approximate surface area is 373 Å². The van der Waals surface area contributed by atoms with E-state index in [1.165, 1.54) is 0 Å². The van der Waals surface area contributed by atoms with Gasteiger partial charge in [0.1, 0.15) is 5.60 Å². The summed E-state index contributed by atoms with van der Waals surface area (Å²) in [6, 6.07) is 14.8. The number of carbonyl (C=O) groups is 3. The second-order valence-electron chi connectivity index (χ2n) is 19.4. The van der Waals surface area contributed by atoms with Crippen LogP contribution >= 0.6 is 0 Å². The van der Waals surface area contributed by atoms with Gasteiger partial charge in [-0.2, -0.15) is 0 Å². The molecule has 0 aromatic heterocycles. The molecule has 14 nitrogen and oxygen atoms in total. The van der Waals surface area contributed by atoms with Crippen molar-refractivity contribution < 1.29 is 42.5 Å². The van der Waals surface area contributed by atoms with Crippen LogP contribution in [0.3, 0.4) is 0 Å². The molecule has 0 saturated carbocycles. The highest BCUT2D eigenvalue weighted by Crippen LogP contribution is 2.42. The van der Waals surface area contributed by atoms with Gasteiger partial charge in [0.05, 0.1) is 68.1 Å². The number of anilines is 3. The monoisotopic (exact) mass is 883 g/mol. The van der Waals surface area contributed by atoms with Crippen molar-refractivity contribution in [2.45, 2.75) is 116 Å². The molecule has 340 valence electrons. The van der Waals surface area contributed by atoms with Crippen LogP contribution in [-0.4, -0.2) is 107 Å². The molecule has 0 aliphatic carbocycles. The van der Waals surface area contributed by atoms with Crippen LogP contribution in [0, 0.1) is 0 Å². The first kappa shape index (κ1) is 45.6. The van der Waals surface area contributed by atoms with Gasteiger partial charge in [0.25, 0.3) is 11.8 Å². The van der Waals surface area contributed by atoms with Gasteiger partial charge in [-0.3, -0.25) is 14.9 Å². The third kappa shape index (κ3) is 10.4. The smallest absolute Gasteiger partial charge is 0.412 e. The van der Waals surface area contributed by atoms with Crippen molar-refractivity contribution in [3.05, 3.63) is 71.4 Å². The Bertz CT molecular complexity index is 2210. The maximum Gasteiger partial charge on any atom is 0.412 e. The van der Waals surface area contributed by atoms with E-state index in [1.54, 1.807) is 31.3 Å². The van der Waals surface area contributed by atoms with Gasteiger partial charge in [-0.05, 0) is 106 Å². The molecule has 15 heteroatoms. The first-order valence-corrected chi connectivity index (χ1v) is 25.0. The van der Waals surface area contributed by atoms with Crippen molar-refractivity contribution in [2.24, 2.45) is 0 Å². The summed E-state index contributed by atoms with van der Waals surface area (Å²) in [6.07, 6.45) is 5.37. The highest BCUT2D eigenvalue weighted by molar-refractivity contribution is 6.74. The van der Waals surface area contributed by atoms with Gasteiger partial charge in [-0.1, -0.05) is 32.9 Å². The van der Waals surface area contributed by atoms with E-state index in [4.69, 9.17) is 28.1 Å². The minimum atomic E-state index is -1.97. The zero-order valence-electron chi connectivity index (χ0n) is 38.6. The van der Waals surface area contributed by atoms with E-state index in [1.807, 2.05) is 68.3 Å². The number of rotatable bonds is 14. The number of methoxy groups -OCH3 is 2. The lowest BCUT2D eigenvalue weighted by atomic mass is 10.0. The molecule has 1 saturated heterocycles. The number of benzene rings is 3. The molecule has 0 spiro atoms. The summed E-state index contributed by atoms with van der Waals surface area (Å²) in [4.78, 5) is 43.7. The van der Waals surface area contributed by atoms with Crippen molar-refractivity contribution in [1.29, 1.82) is 0 Å². The second kappa shape index (κ2) is 18.4. The summed E-state index contributed by atoms with van der Waals surface area (Å²) in [7, 11) is 1.20. The van der Waals surface area contributed by atoms with Crippen LogP contribution < -0.4 is 34.9 Å². The minimum Gasteiger partial charge on any atom is -0.493 e. The van der Waals surface area contributed by atoms with Gasteiger partial charge in [0, 0.05) is 43.7 Å². The summed E-state index contributed by atoms with van der Waals surface area (Å²) < 4.78 is 35.9. The van der Waals surface area contributed by atoms with Crippen LogP contribution in [0.15, 0.2) is 54.7 Å². The molecular formula is C48H65N5O9Si. The molecular weight excluding hydrogens is 819 g/mol. The number of amides is 3. The van der Waals surface area contributed by atoms with E-state index in [0.29, 0.717) is 84.8 Å². The molecule has 7 rings (SSSR count). The van der Waals surface area contributed by atoms with E-state index in [0.717, 1.165) is 42.5 Å². The number of unbranched alkanes of at least 4 members (excludes halogenated alkanes) is 2. The maximum atomic E-state index is 13.9. The van der Waals surface area contributed by atoms with E-state index < -0.39 is 20.0 Å². The molecule has 4 aliphatic rings. The van der Waals surface area contributed by atoms with Crippen LogP contribution in [0.25, 0.3) is 5.57 Å². The number of ether oxygens (including phenoxy) is 5. The van der Waals surface area contributed by atoms with Crippen LogP contribution in [0.1, 0.15) is 99.9 Å². The van der Waals surface area contributed by atoms with E-state index in [-0.39, 0.29) is 35.0 Å². The number of hydrogen-bond acceptors (Lipinski definition) is 11. The van der Waals surface area contributed by atoms with Crippen molar-refractivity contribution in [3.8, 4) is 23.0 Å². The van der Waals surface area contributed by atoms with Gasteiger partial charge in [-0.15, -0.1) is 0 Å².